The van der Waals surface area contributed by atoms with E-state index in [2.05, 4.69) is 37.9 Å². The second-order valence-electron chi connectivity index (χ2n) is 6.19. The molecule has 1 aromatic heterocycles. The van der Waals surface area contributed by atoms with Gasteiger partial charge in [0.15, 0.2) is 5.78 Å². The fourth-order valence-electron chi connectivity index (χ4n) is 2.75. The number of hydrogen-bond acceptors (Lipinski definition) is 2. The SMILES string of the molecule is Cc1ccc(-n2cnc3c2C(=O)CC(C)(C)C3)cc1. The summed E-state index contributed by atoms with van der Waals surface area (Å²) < 4.78 is 1.92. The Morgan fingerprint density at radius 2 is 1.84 bits per heavy atom. The predicted molar refractivity (Wildman–Crippen MR) is 74.7 cm³/mol. The van der Waals surface area contributed by atoms with Crippen LogP contribution in [0.3, 0.4) is 0 Å². The number of ketones is 1. The van der Waals surface area contributed by atoms with Crippen LogP contribution in [0.25, 0.3) is 5.69 Å². The first-order valence-electron chi connectivity index (χ1n) is 6.63. The van der Waals surface area contributed by atoms with Gasteiger partial charge in [-0.2, -0.15) is 0 Å². The molecule has 0 amide bonds. The van der Waals surface area contributed by atoms with Gasteiger partial charge in [-0.1, -0.05) is 31.5 Å². The zero-order valence-electron chi connectivity index (χ0n) is 11.6. The van der Waals surface area contributed by atoms with E-state index >= 15 is 0 Å². The van der Waals surface area contributed by atoms with Crippen LogP contribution in [0.4, 0.5) is 0 Å². The molecule has 0 saturated carbocycles. The van der Waals surface area contributed by atoms with Crippen molar-refractivity contribution >= 4 is 5.78 Å². The first-order valence-corrected chi connectivity index (χ1v) is 6.63. The molecule has 0 bridgehead atoms. The molecule has 0 aliphatic heterocycles. The molecule has 19 heavy (non-hydrogen) atoms. The second-order valence-corrected chi connectivity index (χ2v) is 6.19. The van der Waals surface area contributed by atoms with E-state index in [-0.39, 0.29) is 11.2 Å². The van der Waals surface area contributed by atoms with Crippen molar-refractivity contribution in [2.24, 2.45) is 5.41 Å². The Kier molecular flexibility index (Phi) is 2.59. The number of benzene rings is 1. The van der Waals surface area contributed by atoms with Crippen LogP contribution in [0.2, 0.25) is 0 Å². The molecule has 2 aromatic rings. The summed E-state index contributed by atoms with van der Waals surface area (Å²) >= 11 is 0. The number of rotatable bonds is 1. The minimum absolute atomic E-state index is 0.0243. The third-order valence-electron chi connectivity index (χ3n) is 3.70. The molecule has 0 saturated heterocycles. The van der Waals surface area contributed by atoms with Gasteiger partial charge in [-0.3, -0.25) is 9.36 Å². The molecular formula is C16H18N2O. The number of Topliss-reactive ketones (excluding diaryl/α,β-unsaturated/α-hetero) is 1. The summed E-state index contributed by atoms with van der Waals surface area (Å²) in [6.07, 6.45) is 3.24. The minimum atomic E-state index is 0.0243. The number of nitrogens with zero attached hydrogens (tertiary/aromatic N) is 2. The standard InChI is InChI=1S/C16H18N2O/c1-11-4-6-12(7-5-11)18-10-17-13-8-16(2,3)9-14(19)15(13)18/h4-7,10H,8-9H2,1-3H3. The minimum Gasteiger partial charge on any atom is -0.296 e. The lowest BCUT2D eigenvalue weighted by molar-refractivity contribution is 0.0904. The van der Waals surface area contributed by atoms with E-state index in [0.29, 0.717) is 6.42 Å². The molecule has 0 fully saturated rings. The first kappa shape index (κ1) is 12.2. The smallest absolute Gasteiger partial charge is 0.182 e. The van der Waals surface area contributed by atoms with Crippen LogP contribution in [0, 0.1) is 12.3 Å². The lowest BCUT2D eigenvalue weighted by Gasteiger charge is -2.28. The zero-order chi connectivity index (χ0) is 13.6. The lowest BCUT2D eigenvalue weighted by atomic mass is 9.77. The number of carbonyl (C=O) groups excluding carboxylic acids is 1. The molecule has 0 spiro atoms. The summed E-state index contributed by atoms with van der Waals surface area (Å²) in [4.78, 5) is 16.8. The van der Waals surface area contributed by atoms with Crippen molar-refractivity contribution in [1.82, 2.24) is 9.55 Å². The molecule has 0 N–H and O–H groups in total. The highest BCUT2D eigenvalue weighted by Gasteiger charge is 2.34. The van der Waals surface area contributed by atoms with Crippen LogP contribution in [-0.2, 0) is 6.42 Å². The van der Waals surface area contributed by atoms with E-state index in [1.54, 1.807) is 6.33 Å². The molecule has 0 unspecified atom stereocenters. The molecule has 1 aromatic carbocycles. The molecule has 3 nitrogen and oxygen atoms in total. The zero-order valence-corrected chi connectivity index (χ0v) is 11.6. The first-order chi connectivity index (χ1) is 8.96. The van der Waals surface area contributed by atoms with Crippen molar-refractivity contribution in [2.75, 3.05) is 0 Å². The highest BCUT2D eigenvalue weighted by atomic mass is 16.1. The van der Waals surface area contributed by atoms with Gasteiger partial charge in [-0.15, -0.1) is 0 Å². The summed E-state index contributed by atoms with van der Waals surface area (Å²) in [5.41, 5.74) is 3.94. The third kappa shape index (κ3) is 2.09. The number of fused-ring (bicyclic) bond motifs is 1. The number of hydrogen-bond donors (Lipinski definition) is 0. The Morgan fingerprint density at radius 3 is 2.53 bits per heavy atom. The van der Waals surface area contributed by atoms with Crippen LogP contribution < -0.4 is 0 Å². The Hall–Kier alpha value is -1.90. The Balaban J connectivity index is 2.09. The van der Waals surface area contributed by atoms with E-state index in [1.807, 2.05) is 16.7 Å². The molecule has 0 radical (unpaired) electrons. The molecule has 1 aliphatic rings. The molecule has 98 valence electrons. The molecular weight excluding hydrogens is 236 g/mol. The maximum atomic E-state index is 12.4. The number of imidazole rings is 1. The molecule has 3 rings (SSSR count). The van der Waals surface area contributed by atoms with E-state index in [4.69, 9.17) is 0 Å². The lowest BCUT2D eigenvalue weighted by Crippen LogP contribution is -2.28. The fraction of sp³-hybridized carbons (Fsp3) is 0.375. The monoisotopic (exact) mass is 254 g/mol. The van der Waals surface area contributed by atoms with Gasteiger partial charge in [0, 0.05) is 12.1 Å². The van der Waals surface area contributed by atoms with E-state index in [1.165, 1.54) is 5.56 Å². The third-order valence-corrected chi connectivity index (χ3v) is 3.70. The van der Waals surface area contributed by atoms with Crippen molar-refractivity contribution in [3.8, 4) is 5.69 Å². The van der Waals surface area contributed by atoms with Crippen molar-refractivity contribution in [3.05, 3.63) is 47.5 Å². The van der Waals surface area contributed by atoms with Gasteiger partial charge in [0.25, 0.3) is 0 Å². The van der Waals surface area contributed by atoms with Gasteiger partial charge in [0.2, 0.25) is 0 Å². The van der Waals surface area contributed by atoms with Crippen LogP contribution in [0.15, 0.2) is 30.6 Å². The van der Waals surface area contributed by atoms with Crippen molar-refractivity contribution in [2.45, 2.75) is 33.6 Å². The number of carbonyl (C=O) groups is 1. The second kappa shape index (κ2) is 4.05. The Bertz CT molecular complexity index is 635. The highest BCUT2D eigenvalue weighted by molar-refractivity contribution is 5.97. The van der Waals surface area contributed by atoms with Crippen LogP contribution in [-0.4, -0.2) is 15.3 Å². The average molecular weight is 254 g/mol. The highest BCUT2D eigenvalue weighted by Crippen LogP contribution is 2.34. The molecule has 1 aliphatic carbocycles. The molecule has 3 heteroatoms. The molecule has 0 atom stereocenters. The van der Waals surface area contributed by atoms with Gasteiger partial charge in [-0.25, -0.2) is 4.98 Å². The quantitative estimate of drug-likeness (QED) is 0.782. The fourth-order valence-corrected chi connectivity index (χ4v) is 2.75. The van der Waals surface area contributed by atoms with Gasteiger partial charge in [0.1, 0.15) is 12.0 Å². The van der Waals surface area contributed by atoms with Crippen LogP contribution in [0.5, 0.6) is 0 Å². The van der Waals surface area contributed by atoms with Crippen molar-refractivity contribution in [3.63, 3.8) is 0 Å². The van der Waals surface area contributed by atoms with E-state index < -0.39 is 0 Å². The predicted octanol–water partition coefficient (Wildman–Crippen LogP) is 3.34. The normalized spacial score (nSPS) is 17.3. The van der Waals surface area contributed by atoms with Gasteiger partial charge in [0.05, 0.1) is 5.69 Å². The van der Waals surface area contributed by atoms with Gasteiger partial charge < -0.3 is 0 Å². The summed E-state index contributed by atoms with van der Waals surface area (Å²) in [5.74, 6) is 0.198. The van der Waals surface area contributed by atoms with Crippen LogP contribution >= 0.6 is 0 Å². The number of aryl methyl sites for hydroxylation is 1. The summed E-state index contributed by atoms with van der Waals surface area (Å²) in [6.45, 7) is 6.30. The van der Waals surface area contributed by atoms with E-state index in [9.17, 15) is 4.79 Å². The van der Waals surface area contributed by atoms with Crippen molar-refractivity contribution in [1.29, 1.82) is 0 Å². The Morgan fingerprint density at radius 1 is 1.16 bits per heavy atom. The van der Waals surface area contributed by atoms with Crippen LogP contribution in [0.1, 0.15) is 42.0 Å². The summed E-state index contributed by atoms with van der Waals surface area (Å²) in [5, 5.41) is 0. The summed E-state index contributed by atoms with van der Waals surface area (Å²) in [6, 6.07) is 8.17. The largest absolute Gasteiger partial charge is 0.296 e. The topological polar surface area (TPSA) is 34.9 Å². The maximum Gasteiger partial charge on any atom is 0.182 e. The van der Waals surface area contributed by atoms with Gasteiger partial charge in [-0.05, 0) is 30.9 Å². The maximum absolute atomic E-state index is 12.4. The van der Waals surface area contributed by atoms with E-state index in [0.717, 1.165) is 23.5 Å². The van der Waals surface area contributed by atoms with Gasteiger partial charge >= 0.3 is 0 Å². The Labute approximate surface area is 113 Å². The summed E-state index contributed by atoms with van der Waals surface area (Å²) in [7, 11) is 0. The average Bonchev–Trinajstić information content (AvgIpc) is 2.72. The number of aromatic nitrogens is 2. The van der Waals surface area contributed by atoms with Crippen molar-refractivity contribution < 1.29 is 4.79 Å². The molecule has 1 heterocycles.